The lowest BCUT2D eigenvalue weighted by molar-refractivity contribution is 0.678. The summed E-state index contributed by atoms with van der Waals surface area (Å²) in [5, 5.41) is 14.6. The van der Waals surface area contributed by atoms with Crippen LogP contribution in [0.3, 0.4) is 0 Å². The first-order valence-corrected chi connectivity index (χ1v) is 6.63. The van der Waals surface area contributed by atoms with Crippen molar-refractivity contribution in [3.05, 3.63) is 71.9 Å². The first kappa shape index (κ1) is 15.2. The molecule has 5 heteroatoms. The monoisotopic (exact) mass is 300 g/mol. The molecule has 0 atom stereocenters. The molecule has 4 nitrogen and oxygen atoms in total. The van der Waals surface area contributed by atoms with Crippen molar-refractivity contribution in [2.24, 2.45) is 0 Å². The fourth-order valence-electron chi connectivity index (χ4n) is 2.12. The summed E-state index contributed by atoms with van der Waals surface area (Å²) >= 11 is 0. The molecule has 0 saturated carbocycles. The van der Waals surface area contributed by atoms with Crippen LogP contribution in [0, 0.1) is 0 Å². The summed E-state index contributed by atoms with van der Waals surface area (Å²) in [6, 6.07) is 20.4. The third-order valence-electron chi connectivity index (χ3n) is 3.13. The number of halogens is 1. The second-order valence-electron chi connectivity index (χ2n) is 4.57. The van der Waals surface area contributed by atoms with E-state index in [1.165, 1.54) is 5.56 Å². The first-order valence-electron chi connectivity index (χ1n) is 6.63. The predicted molar refractivity (Wildman–Crippen MR) is 86.1 cm³/mol. The van der Waals surface area contributed by atoms with Gasteiger partial charge in [0.1, 0.15) is 11.4 Å². The van der Waals surface area contributed by atoms with Crippen molar-refractivity contribution in [1.82, 2.24) is 20.7 Å². The third-order valence-corrected chi connectivity index (χ3v) is 3.13. The van der Waals surface area contributed by atoms with Gasteiger partial charge in [0, 0.05) is 18.7 Å². The second kappa shape index (κ2) is 7.57. The van der Waals surface area contributed by atoms with Gasteiger partial charge in [0.25, 0.3) is 0 Å². The van der Waals surface area contributed by atoms with Gasteiger partial charge in [-0.15, -0.1) is 12.4 Å². The molecule has 0 aliphatic carbocycles. The number of hydrogen-bond donors (Lipinski definition) is 2. The van der Waals surface area contributed by atoms with E-state index < -0.39 is 0 Å². The van der Waals surface area contributed by atoms with E-state index in [0.29, 0.717) is 6.54 Å². The number of aromatic nitrogens is 3. The minimum atomic E-state index is 0. The Bertz CT molecular complexity index is 652. The summed E-state index contributed by atoms with van der Waals surface area (Å²) in [6.45, 7) is 1.51. The van der Waals surface area contributed by atoms with Crippen LogP contribution in [0.1, 0.15) is 11.3 Å². The van der Waals surface area contributed by atoms with Gasteiger partial charge in [-0.25, -0.2) is 0 Å². The van der Waals surface area contributed by atoms with Crippen molar-refractivity contribution in [2.75, 3.05) is 0 Å². The Labute approximate surface area is 130 Å². The molecule has 0 saturated heterocycles. The lowest BCUT2D eigenvalue weighted by atomic mass is 10.1. The minimum absolute atomic E-state index is 0. The average Bonchev–Trinajstić information content (AvgIpc) is 2.98. The van der Waals surface area contributed by atoms with Gasteiger partial charge >= 0.3 is 0 Å². The first-order chi connectivity index (χ1) is 9.93. The van der Waals surface area contributed by atoms with Crippen LogP contribution in [0.15, 0.2) is 60.7 Å². The van der Waals surface area contributed by atoms with Gasteiger partial charge < -0.3 is 5.32 Å². The van der Waals surface area contributed by atoms with E-state index in [1.54, 1.807) is 0 Å². The Morgan fingerprint density at radius 3 is 2.19 bits per heavy atom. The van der Waals surface area contributed by atoms with E-state index in [4.69, 9.17) is 0 Å². The molecule has 2 aromatic carbocycles. The van der Waals surface area contributed by atoms with Crippen molar-refractivity contribution < 1.29 is 0 Å². The average molecular weight is 301 g/mol. The van der Waals surface area contributed by atoms with Gasteiger partial charge in [0.15, 0.2) is 0 Å². The van der Waals surface area contributed by atoms with Crippen LogP contribution < -0.4 is 5.32 Å². The molecular formula is C16H17ClN4. The lowest BCUT2D eigenvalue weighted by Gasteiger charge is -2.04. The van der Waals surface area contributed by atoms with Crippen LogP contribution in [-0.2, 0) is 13.1 Å². The molecule has 108 valence electrons. The highest BCUT2D eigenvalue weighted by Crippen LogP contribution is 2.18. The molecule has 0 amide bonds. The van der Waals surface area contributed by atoms with Crippen LogP contribution in [0.2, 0.25) is 0 Å². The third kappa shape index (κ3) is 3.90. The molecule has 0 aliphatic rings. The van der Waals surface area contributed by atoms with Crippen LogP contribution in [0.25, 0.3) is 11.3 Å². The maximum absolute atomic E-state index is 4.24. The molecule has 3 rings (SSSR count). The number of H-pyrrole nitrogens is 1. The van der Waals surface area contributed by atoms with Crippen molar-refractivity contribution in [1.29, 1.82) is 0 Å². The Kier molecular flexibility index (Phi) is 5.49. The van der Waals surface area contributed by atoms with Gasteiger partial charge in [0.05, 0.1) is 0 Å². The second-order valence-corrected chi connectivity index (χ2v) is 4.57. The summed E-state index contributed by atoms with van der Waals surface area (Å²) in [4.78, 5) is 0. The Balaban J connectivity index is 0.00000161. The maximum Gasteiger partial charge on any atom is 0.117 e. The molecule has 2 N–H and O–H groups in total. The molecular weight excluding hydrogens is 284 g/mol. The van der Waals surface area contributed by atoms with E-state index in [2.05, 4.69) is 32.9 Å². The quantitative estimate of drug-likeness (QED) is 0.761. The molecule has 0 spiro atoms. The van der Waals surface area contributed by atoms with E-state index in [-0.39, 0.29) is 12.4 Å². The normalized spacial score (nSPS) is 10.1. The standard InChI is InChI=1S/C16H16N4.ClH/c1-3-7-13(8-4-1)11-17-12-15-16(19-20-18-15)14-9-5-2-6-10-14;/h1-10,17H,11-12H2,(H,18,19,20);1H. The van der Waals surface area contributed by atoms with Crippen LogP contribution in [-0.4, -0.2) is 15.4 Å². The SMILES string of the molecule is Cl.c1ccc(CNCc2n[nH]nc2-c2ccccc2)cc1. The highest BCUT2D eigenvalue weighted by Gasteiger charge is 2.09. The van der Waals surface area contributed by atoms with Crippen LogP contribution in [0.4, 0.5) is 0 Å². The topological polar surface area (TPSA) is 53.6 Å². The lowest BCUT2D eigenvalue weighted by Crippen LogP contribution is -2.13. The summed E-state index contributed by atoms with van der Waals surface area (Å²) in [5.41, 5.74) is 4.19. The smallest absolute Gasteiger partial charge is 0.117 e. The molecule has 0 radical (unpaired) electrons. The summed E-state index contributed by atoms with van der Waals surface area (Å²) in [5.74, 6) is 0. The van der Waals surface area contributed by atoms with Crippen molar-refractivity contribution in [3.8, 4) is 11.3 Å². The molecule has 1 aromatic heterocycles. The molecule has 0 unspecified atom stereocenters. The highest BCUT2D eigenvalue weighted by atomic mass is 35.5. The Morgan fingerprint density at radius 1 is 0.810 bits per heavy atom. The van der Waals surface area contributed by atoms with Gasteiger partial charge in [-0.1, -0.05) is 60.7 Å². The zero-order valence-electron chi connectivity index (χ0n) is 11.5. The zero-order valence-corrected chi connectivity index (χ0v) is 12.3. The number of rotatable bonds is 5. The van der Waals surface area contributed by atoms with Crippen LogP contribution >= 0.6 is 12.4 Å². The van der Waals surface area contributed by atoms with Gasteiger partial charge in [-0.3, -0.25) is 0 Å². The number of benzene rings is 2. The van der Waals surface area contributed by atoms with Crippen LogP contribution in [0.5, 0.6) is 0 Å². The van der Waals surface area contributed by atoms with Crippen molar-refractivity contribution in [3.63, 3.8) is 0 Å². The van der Waals surface area contributed by atoms with Gasteiger partial charge in [-0.2, -0.15) is 15.4 Å². The Morgan fingerprint density at radius 2 is 1.48 bits per heavy atom. The number of aromatic amines is 1. The summed E-state index contributed by atoms with van der Waals surface area (Å²) < 4.78 is 0. The van der Waals surface area contributed by atoms with Crippen molar-refractivity contribution in [2.45, 2.75) is 13.1 Å². The van der Waals surface area contributed by atoms with E-state index >= 15 is 0 Å². The van der Waals surface area contributed by atoms with Gasteiger partial charge in [0.2, 0.25) is 0 Å². The molecule has 21 heavy (non-hydrogen) atoms. The molecule has 0 bridgehead atoms. The fourth-order valence-corrected chi connectivity index (χ4v) is 2.12. The predicted octanol–water partition coefficient (Wildman–Crippen LogP) is 3.18. The molecule has 3 aromatic rings. The summed E-state index contributed by atoms with van der Waals surface area (Å²) in [6.07, 6.45) is 0. The highest BCUT2D eigenvalue weighted by molar-refractivity contribution is 5.85. The molecule has 0 fully saturated rings. The van der Waals surface area contributed by atoms with Gasteiger partial charge in [-0.05, 0) is 5.56 Å². The number of nitrogens with zero attached hydrogens (tertiary/aromatic N) is 2. The Hall–Kier alpha value is -2.17. The van der Waals surface area contributed by atoms with E-state index in [0.717, 1.165) is 23.5 Å². The van der Waals surface area contributed by atoms with E-state index in [1.807, 2.05) is 48.5 Å². The zero-order chi connectivity index (χ0) is 13.6. The van der Waals surface area contributed by atoms with E-state index in [9.17, 15) is 0 Å². The van der Waals surface area contributed by atoms with Crippen molar-refractivity contribution >= 4 is 12.4 Å². The fraction of sp³-hybridized carbons (Fsp3) is 0.125. The largest absolute Gasteiger partial charge is 0.307 e. The molecule has 0 aliphatic heterocycles. The number of nitrogens with one attached hydrogen (secondary N) is 2. The molecule has 1 heterocycles. The maximum atomic E-state index is 4.24. The number of hydrogen-bond acceptors (Lipinski definition) is 3. The summed E-state index contributed by atoms with van der Waals surface area (Å²) in [7, 11) is 0. The minimum Gasteiger partial charge on any atom is -0.307 e.